The molecule has 5 nitrogen and oxygen atoms in total. The maximum absolute atomic E-state index is 12.2. The third-order valence-corrected chi connectivity index (χ3v) is 3.68. The molecule has 2 heterocycles. The minimum absolute atomic E-state index is 0.213. The van der Waals surface area contributed by atoms with Gasteiger partial charge >= 0.3 is 0 Å². The van der Waals surface area contributed by atoms with Crippen LogP contribution in [-0.2, 0) is 0 Å². The van der Waals surface area contributed by atoms with Crippen molar-refractivity contribution in [2.75, 3.05) is 0 Å². The molecule has 0 amide bonds. The molecule has 2 aromatic carbocycles. The fourth-order valence-electron chi connectivity index (χ4n) is 2.60. The monoisotopic (exact) mass is 286 g/mol. The zero-order valence-corrected chi connectivity index (χ0v) is 11.4. The summed E-state index contributed by atoms with van der Waals surface area (Å²) in [6, 6.07) is 14.7. The number of H-pyrrole nitrogens is 2. The molecular weight excluding hydrogens is 276 g/mol. The van der Waals surface area contributed by atoms with E-state index in [4.69, 9.17) is 5.26 Å². The lowest BCUT2D eigenvalue weighted by atomic mass is 10.1. The van der Waals surface area contributed by atoms with Crippen LogP contribution in [0.4, 0.5) is 0 Å². The number of nitrogens with zero attached hydrogens (tertiary/aromatic N) is 2. The second-order valence-corrected chi connectivity index (χ2v) is 5.01. The summed E-state index contributed by atoms with van der Waals surface area (Å²) in [5.74, 6) is 0.491. The van der Waals surface area contributed by atoms with E-state index < -0.39 is 0 Å². The lowest BCUT2D eigenvalue weighted by Gasteiger charge is -2.02. The van der Waals surface area contributed by atoms with Crippen molar-refractivity contribution in [2.45, 2.75) is 0 Å². The molecule has 0 radical (unpaired) electrons. The van der Waals surface area contributed by atoms with Crippen LogP contribution in [0.15, 0.2) is 53.5 Å². The molecule has 0 saturated carbocycles. The molecule has 0 saturated heterocycles. The number of hydrogen-bond acceptors (Lipinski definition) is 3. The van der Waals surface area contributed by atoms with E-state index in [0.717, 1.165) is 16.5 Å². The number of benzene rings is 2. The van der Waals surface area contributed by atoms with Crippen molar-refractivity contribution in [1.29, 1.82) is 5.26 Å². The molecule has 0 unspecified atom stereocenters. The Morgan fingerprint density at radius 2 is 1.95 bits per heavy atom. The zero-order chi connectivity index (χ0) is 15.1. The molecule has 0 aliphatic rings. The quantitative estimate of drug-likeness (QED) is 0.564. The van der Waals surface area contributed by atoms with Gasteiger partial charge < -0.3 is 9.97 Å². The lowest BCUT2D eigenvalue weighted by molar-refractivity contribution is 1.18. The molecule has 5 heteroatoms. The summed E-state index contributed by atoms with van der Waals surface area (Å²) >= 11 is 0. The molecule has 4 aromatic rings. The molecule has 0 atom stereocenters. The minimum atomic E-state index is -0.213. The van der Waals surface area contributed by atoms with Crippen LogP contribution in [0.3, 0.4) is 0 Å². The average Bonchev–Trinajstić information content (AvgIpc) is 2.98. The Kier molecular flexibility index (Phi) is 2.57. The predicted molar refractivity (Wildman–Crippen MR) is 84.4 cm³/mol. The Hall–Kier alpha value is -3.39. The predicted octanol–water partition coefficient (Wildman–Crippen LogP) is 2.94. The minimum Gasteiger partial charge on any atom is -0.360 e. The number of fused-ring (bicyclic) bond motifs is 2. The Morgan fingerprint density at radius 1 is 1.09 bits per heavy atom. The third-order valence-electron chi connectivity index (χ3n) is 3.68. The number of rotatable bonds is 1. The Bertz CT molecular complexity index is 1110. The average molecular weight is 286 g/mol. The van der Waals surface area contributed by atoms with Crippen molar-refractivity contribution in [3.63, 3.8) is 0 Å². The number of para-hydroxylation sites is 1. The summed E-state index contributed by atoms with van der Waals surface area (Å²) in [6.45, 7) is 0. The van der Waals surface area contributed by atoms with Crippen molar-refractivity contribution in [3.8, 4) is 17.5 Å². The second-order valence-electron chi connectivity index (χ2n) is 5.01. The van der Waals surface area contributed by atoms with E-state index >= 15 is 0 Å². The molecule has 0 spiro atoms. The number of nitrogens with one attached hydrogen (secondary N) is 2. The van der Waals surface area contributed by atoms with E-state index in [9.17, 15) is 4.79 Å². The number of aromatic nitrogens is 3. The van der Waals surface area contributed by atoms with E-state index in [1.54, 1.807) is 18.2 Å². The highest BCUT2D eigenvalue weighted by Gasteiger charge is 2.10. The van der Waals surface area contributed by atoms with Crippen LogP contribution in [0.5, 0.6) is 0 Å². The van der Waals surface area contributed by atoms with Crippen LogP contribution in [0.25, 0.3) is 33.2 Å². The smallest absolute Gasteiger partial charge is 0.259 e. The molecule has 0 fully saturated rings. The van der Waals surface area contributed by atoms with E-state index in [2.05, 4.69) is 21.0 Å². The standard InChI is InChI=1S/C17H10N4O/c18-8-10-5-6-12-15(7-10)20-16(21-17(12)22)13-9-19-14-4-2-1-3-11(13)14/h1-7,9,19H,(H,20,21,22). The summed E-state index contributed by atoms with van der Waals surface area (Å²) in [4.78, 5) is 22.7. The maximum Gasteiger partial charge on any atom is 0.259 e. The largest absolute Gasteiger partial charge is 0.360 e. The summed E-state index contributed by atoms with van der Waals surface area (Å²) in [6.07, 6.45) is 1.82. The van der Waals surface area contributed by atoms with Gasteiger partial charge in [-0.15, -0.1) is 0 Å². The molecule has 0 aliphatic heterocycles. The van der Waals surface area contributed by atoms with E-state index in [1.165, 1.54) is 0 Å². The first kappa shape index (κ1) is 12.4. The summed E-state index contributed by atoms with van der Waals surface area (Å²) < 4.78 is 0. The van der Waals surface area contributed by atoms with Gasteiger partial charge in [0.15, 0.2) is 0 Å². The van der Waals surface area contributed by atoms with Crippen molar-refractivity contribution in [3.05, 3.63) is 64.6 Å². The normalized spacial score (nSPS) is 10.9. The van der Waals surface area contributed by atoms with Crippen LogP contribution in [0, 0.1) is 11.3 Å². The first-order chi connectivity index (χ1) is 10.8. The maximum atomic E-state index is 12.2. The van der Waals surface area contributed by atoms with Crippen molar-refractivity contribution < 1.29 is 0 Å². The number of nitriles is 1. The Balaban J connectivity index is 2.03. The molecule has 104 valence electrons. The number of aromatic amines is 2. The summed E-state index contributed by atoms with van der Waals surface area (Å²) in [5.41, 5.74) is 2.59. The van der Waals surface area contributed by atoms with Gasteiger partial charge in [-0.2, -0.15) is 5.26 Å². The topological polar surface area (TPSA) is 85.3 Å². The highest BCUT2D eigenvalue weighted by atomic mass is 16.1. The molecule has 2 aromatic heterocycles. The lowest BCUT2D eigenvalue weighted by Crippen LogP contribution is -2.09. The van der Waals surface area contributed by atoms with Gasteiger partial charge in [-0.25, -0.2) is 4.98 Å². The van der Waals surface area contributed by atoms with Gasteiger partial charge in [-0.1, -0.05) is 18.2 Å². The molecule has 4 rings (SSSR count). The zero-order valence-electron chi connectivity index (χ0n) is 11.4. The first-order valence-corrected chi connectivity index (χ1v) is 6.77. The van der Waals surface area contributed by atoms with Gasteiger partial charge in [0.1, 0.15) is 5.82 Å². The van der Waals surface area contributed by atoms with Crippen molar-refractivity contribution in [2.24, 2.45) is 0 Å². The van der Waals surface area contributed by atoms with Gasteiger partial charge in [0.2, 0.25) is 0 Å². The summed E-state index contributed by atoms with van der Waals surface area (Å²) in [5, 5.41) is 10.5. The summed E-state index contributed by atoms with van der Waals surface area (Å²) in [7, 11) is 0. The number of hydrogen-bond donors (Lipinski definition) is 2. The first-order valence-electron chi connectivity index (χ1n) is 6.77. The van der Waals surface area contributed by atoms with Gasteiger partial charge in [0.25, 0.3) is 5.56 Å². The SMILES string of the molecule is N#Cc1ccc2c(=O)[nH]c(-c3c[nH]c4ccccc34)nc2c1. The Morgan fingerprint density at radius 3 is 2.82 bits per heavy atom. The highest BCUT2D eigenvalue weighted by molar-refractivity contribution is 5.94. The fourth-order valence-corrected chi connectivity index (χ4v) is 2.60. The van der Waals surface area contributed by atoms with Crippen molar-refractivity contribution >= 4 is 21.8 Å². The highest BCUT2D eigenvalue weighted by Crippen LogP contribution is 2.26. The van der Waals surface area contributed by atoms with E-state index in [1.807, 2.05) is 30.5 Å². The molecule has 0 bridgehead atoms. The molecular formula is C17H10N4O. The van der Waals surface area contributed by atoms with Crippen LogP contribution in [0.2, 0.25) is 0 Å². The Labute approximate surface area is 124 Å². The van der Waals surface area contributed by atoms with E-state index in [0.29, 0.717) is 22.3 Å². The van der Waals surface area contributed by atoms with Gasteiger partial charge in [0, 0.05) is 22.7 Å². The molecule has 0 aliphatic carbocycles. The van der Waals surface area contributed by atoms with Crippen LogP contribution in [0.1, 0.15) is 5.56 Å². The third kappa shape index (κ3) is 1.79. The van der Waals surface area contributed by atoms with Gasteiger partial charge in [0.05, 0.1) is 22.5 Å². The fraction of sp³-hybridized carbons (Fsp3) is 0. The van der Waals surface area contributed by atoms with Gasteiger partial charge in [-0.05, 0) is 24.3 Å². The molecule has 22 heavy (non-hydrogen) atoms. The van der Waals surface area contributed by atoms with Gasteiger partial charge in [-0.3, -0.25) is 4.79 Å². The second kappa shape index (κ2) is 4.57. The van der Waals surface area contributed by atoms with Crippen LogP contribution >= 0.6 is 0 Å². The molecule has 2 N–H and O–H groups in total. The van der Waals surface area contributed by atoms with Crippen LogP contribution in [-0.4, -0.2) is 15.0 Å². The van der Waals surface area contributed by atoms with Crippen LogP contribution < -0.4 is 5.56 Å². The van der Waals surface area contributed by atoms with E-state index in [-0.39, 0.29) is 5.56 Å². The van der Waals surface area contributed by atoms with Crippen molar-refractivity contribution in [1.82, 2.24) is 15.0 Å².